The molecule has 6 heteroatoms. The molecule has 3 fully saturated rings. The lowest BCUT2D eigenvalue weighted by Crippen LogP contribution is -2.54. The van der Waals surface area contributed by atoms with Crippen LogP contribution in [0.4, 0.5) is 0 Å². The summed E-state index contributed by atoms with van der Waals surface area (Å²) in [6.07, 6.45) is 2.22. The van der Waals surface area contributed by atoms with Gasteiger partial charge < -0.3 is 19.3 Å². The first-order valence-corrected chi connectivity index (χ1v) is 10.3. The van der Waals surface area contributed by atoms with Gasteiger partial charge in [-0.2, -0.15) is 0 Å². The lowest BCUT2D eigenvalue weighted by atomic mass is 9.66. The quantitative estimate of drug-likeness (QED) is 0.448. The van der Waals surface area contributed by atoms with Crippen LogP contribution in [0.3, 0.4) is 0 Å². The van der Waals surface area contributed by atoms with E-state index in [9.17, 15) is 14.7 Å². The van der Waals surface area contributed by atoms with Gasteiger partial charge in [0.05, 0.1) is 11.2 Å². The molecule has 158 valence electrons. The van der Waals surface area contributed by atoms with Crippen LogP contribution in [0.25, 0.3) is 0 Å². The molecule has 1 aliphatic heterocycles. The van der Waals surface area contributed by atoms with Crippen LogP contribution in [-0.4, -0.2) is 46.6 Å². The minimum Gasteiger partial charge on any atom is -0.459 e. The molecular weight excluding hydrogens is 360 g/mol. The van der Waals surface area contributed by atoms with Gasteiger partial charge in [-0.15, -0.1) is 0 Å². The fourth-order valence-corrected chi connectivity index (χ4v) is 5.56. The van der Waals surface area contributed by atoms with Crippen molar-refractivity contribution in [1.29, 1.82) is 0 Å². The molecular formula is C22H34O6. The first-order chi connectivity index (χ1) is 12.9. The van der Waals surface area contributed by atoms with Crippen molar-refractivity contribution in [2.24, 2.45) is 17.3 Å². The van der Waals surface area contributed by atoms with Gasteiger partial charge in [-0.25, -0.2) is 4.79 Å². The van der Waals surface area contributed by atoms with Crippen molar-refractivity contribution in [3.05, 3.63) is 11.6 Å². The Morgan fingerprint density at radius 1 is 1.18 bits per heavy atom. The van der Waals surface area contributed by atoms with Crippen molar-refractivity contribution in [3.8, 4) is 0 Å². The van der Waals surface area contributed by atoms with Gasteiger partial charge in [-0.3, -0.25) is 4.79 Å². The SMILES string of the molecule is C/C=C(\C)C(=O)OC1CC2(C)OC2C(OC(C)=O)C2(C)CCC(O)(C(C)C)C12. The lowest BCUT2D eigenvalue weighted by Gasteiger charge is -2.45. The Morgan fingerprint density at radius 3 is 2.36 bits per heavy atom. The molecule has 0 aromatic carbocycles. The zero-order valence-corrected chi connectivity index (χ0v) is 18.1. The molecule has 6 nitrogen and oxygen atoms in total. The summed E-state index contributed by atoms with van der Waals surface area (Å²) in [4.78, 5) is 24.5. The highest BCUT2D eigenvalue weighted by molar-refractivity contribution is 5.87. The predicted octanol–water partition coefficient (Wildman–Crippen LogP) is 3.16. The van der Waals surface area contributed by atoms with Gasteiger partial charge in [0.15, 0.2) is 0 Å². The average Bonchev–Trinajstić information content (AvgIpc) is 3.17. The Labute approximate surface area is 167 Å². The molecule has 1 saturated heterocycles. The second-order valence-corrected chi connectivity index (χ2v) is 9.63. The Morgan fingerprint density at radius 2 is 1.82 bits per heavy atom. The minimum atomic E-state index is -1.00. The van der Waals surface area contributed by atoms with E-state index in [2.05, 4.69) is 0 Å². The Bertz CT molecular complexity index is 699. The number of aliphatic hydroxyl groups is 1. The molecule has 0 spiro atoms. The maximum absolute atomic E-state index is 12.6. The summed E-state index contributed by atoms with van der Waals surface area (Å²) in [6, 6.07) is 0. The van der Waals surface area contributed by atoms with Crippen molar-refractivity contribution in [1.82, 2.24) is 0 Å². The Hall–Kier alpha value is -1.40. The van der Waals surface area contributed by atoms with E-state index in [4.69, 9.17) is 14.2 Å². The van der Waals surface area contributed by atoms with E-state index in [1.165, 1.54) is 6.92 Å². The van der Waals surface area contributed by atoms with Crippen LogP contribution in [0.15, 0.2) is 11.6 Å². The summed E-state index contributed by atoms with van der Waals surface area (Å²) >= 11 is 0. The van der Waals surface area contributed by atoms with Crippen LogP contribution < -0.4 is 0 Å². The second-order valence-electron chi connectivity index (χ2n) is 9.63. The van der Waals surface area contributed by atoms with Crippen LogP contribution in [0.5, 0.6) is 0 Å². The summed E-state index contributed by atoms with van der Waals surface area (Å²) in [6.45, 7) is 12.9. The van der Waals surface area contributed by atoms with Crippen molar-refractivity contribution >= 4 is 11.9 Å². The number of esters is 2. The summed E-state index contributed by atoms with van der Waals surface area (Å²) < 4.78 is 17.7. The standard InChI is InChI=1S/C22H34O6/c1-8-13(4)19(24)27-15-11-21(7)18(28-21)17(26-14(5)23)20(6)9-10-22(25,12(2)3)16(15)20/h8,12,15-18,25H,9-11H2,1-7H3/b13-8+. The topological polar surface area (TPSA) is 85.4 Å². The van der Waals surface area contributed by atoms with Crippen LogP contribution in [0, 0.1) is 17.3 Å². The molecule has 1 heterocycles. The largest absolute Gasteiger partial charge is 0.459 e. The number of carbonyl (C=O) groups excluding carboxylic acids is 2. The highest BCUT2D eigenvalue weighted by Crippen LogP contribution is 2.64. The van der Waals surface area contributed by atoms with Crippen LogP contribution in [-0.2, 0) is 23.8 Å². The van der Waals surface area contributed by atoms with E-state index in [0.717, 1.165) is 0 Å². The summed E-state index contributed by atoms with van der Waals surface area (Å²) in [7, 11) is 0. The smallest absolute Gasteiger partial charge is 0.333 e. The minimum absolute atomic E-state index is 0.0236. The number of ether oxygens (including phenoxy) is 3. The summed E-state index contributed by atoms with van der Waals surface area (Å²) in [5.41, 5.74) is -1.54. The number of hydrogen-bond acceptors (Lipinski definition) is 6. The van der Waals surface area contributed by atoms with Gasteiger partial charge in [-0.05, 0) is 39.5 Å². The zero-order chi connectivity index (χ0) is 21.1. The Balaban J connectivity index is 2.07. The highest BCUT2D eigenvalue weighted by Gasteiger charge is 2.73. The van der Waals surface area contributed by atoms with E-state index in [0.29, 0.717) is 24.8 Å². The second kappa shape index (κ2) is 6.84. The number of rotatable bonds is 4. The molecule has 2 aliphatic carbocycles. The van der Waals surface area contributed by atoms with Gasteiger partial charge in [0.1, 0.15) is 18.3 Å². The van der Waals surface area contributed by atoms with Crippen LogP contribution in [0.1, 0.15) is 67.7 Å². The highest BCUT2D eigenvalue weighted by atomic mass is 16.6. The molecule has 0 radical (unpaired) electrons. The normalized spacial score (nSPS) is 45.1. The van der Waals surface area contributed by atoms with E-state index < -0.39 is 28.8 Å². The molecule has 3 rings (SSSR count). The molecule has 3 aliphatic rings. The molecule has 0 amide bonds. The molecule has 1 N–H and O–H groups in total. The lowest BCUT2D eigenvalue weighted by molar-refractivity contribution is -0.181. The van der Waals surface area contributed by atoms with Crippen molar-refractivity contribution < 1.29 is 28.9 Å². The van der Waals surface area contributed by atoms with Gasteiger partial charge in [0.2, 0.25) is 0 Å². The molecule has 7 unspecified atom stereocenters. The molecule has 0 aromatic heterocycles. The maximum atomic E-state index is 12.6. The fraction of sp³-hybridized carbons (Fsp3) is 0.818. The molecule has 7 atom stereocenters. The van der Waals surface area contributed by atoms with Crippen LogP contribution >= 0.6 is 0 Å². The van der Waals surface area contributed by atoms with E-state index >= 15 is 0 Å². The van der Waals surface area contributed by atoms with Crippen molar-refractivity contribution in [2.75, 3.05) is 0 Å². The van der Waals surface area contributed by atoms with E-state index in [-0.39, 0.29) is 29.9 Å². The number of epoxide rings is 1. The number of carbonyl (C=O) groups is 2. The van der Waals surface area contributed by atoms with Gasteiger partial charge in [0, 0.05) is 30.3 Å². The number of allylic oxidation sites excluding steroid dienone is 1. The van der Waals surface area contributed by atoms with Gasteiger partial charge in [-0.1, -0.05) is 26.8 Å². The maximum Gasteiger partial charge on any atom is 0.333 e. The third kappa shape index (κ3) is 3.18. The van der Waals surface area contributed by atoms with Crippen molar-refractivity contribution in [2.45, 2.75) is 97.2 Å². The molecule has 28 heavy (non-hydrogen) atoms. The monoisotopic (exact) mass is 394 g/mol. The summed E-state index contributed by atoms with van der Waals surface area (Å²) in [5, 5.41) is 11.7. The Kier molecular flexibility index (Phi) is 5.20. The number of fused-ring (bicyclic) bond motifs is 2. The fourth-order valence-electron chi connectivity index (χ4n) is 5.56. The zero-order valence-electron chi connectivity index (χ0n) is 18.1. The molecule has 2 saturated carbocycles. The van der Waals surface area contributed by atoms with Crippen molar-refractivity contribution in [3.63, 3.8) is 0 Å². The first kappa shape index (κ1) is 21.3. The van der Waals surface area contributed by atoms with Gasteiger partial charge >= 0.3 is 11.9 Å². The average molecular weight is 395 g/mol. The predicted molar refractivity (Wildman–Crippen MR) is 103 cm³/mol. The third-order valence-corrected chi connectivity index (χ3v) is 7.46. The summed E-state index contributed by atoms with van der Waals surface area (Å²) in [5.74, 6) is -1.10. The van der Waals surface area contributed by atoms with E-state index in [1.54, 1.807) is 19.9 Å². The molecule has 0 bridgehead atoms. The van der Waals surface area contributed by atoms with Gasteiger partial charge in [0.25, 0.3) is 0 Å². The first-order valence-electron chi connectivity index (χ1n) is 10.3. The molecule has 0 aromatic rings. The third-order valence-electron chi connectivity index (χ3n) is 7.46. The van der Waals surface area contributed by atoms with E-state index in [1.807, 2.05) is 27.7 Å². The number of hydrogen-bond donors (Lipinski definition) is 1. The van der Waals surface area contributed by atoms with Crippen LogP contribution in [0.2, 0.25) is 0 Å².